The minimum absolute atomic E-state index is 0.0423. The van der Waals surface area contributed by atoms with Crippen LogP contribution in [0.5, 0.6) is 5.75 Å². The van der Waals surface area contributed by atoms with Crippen LogP contribution in [0.2, 0.25) is 0 Å². The van der Waals surface area contributed by atoms with Crippen LogP contribution in [0.1, 0.15) is 24.1 Å². The summed E-state index contributed by atoms with van der Waals surface area (Å²) in [6, 6.07) is 13.8. The van der Waals surface area contributed by atoms with Crippen LogP contribution in [0.4, 0.5) is 0 Å². The molecule has 7 nitrogen and oxygen atoms in total. The Hall–Kier alpha value is -3.09. The highest BCUT2D eigenvalue weighted by molar-refractivity contribution is 5.79. The lowest BCUT2D eigenvalue weighted by atomic mass is 10.2. The first-order valence-corrected chi connectivity index (χ1v) is 9.08. The molecular formula is C20H25N5O2. The molecule has 1 aliphatic rings. The van der Waals surface area contributed by atoms with Crippen LogP contribution < -0.4 is 20.7 Å². The monoisotopic (exact) mass is 367 g/mol. The predicted molar refractivity (Wildman–Crippen MR) is 104 cm³/mol. The molecule has 0 radical (unpaired) electrons. The van der Waals surface area contributed by atoms with Crippen molar-refractivity contribution in [3.63, 3.8) is 0 Å². The van der Waals surface area contributed by atoms with Gasteiger partial charge < -0.3 is 20.7 Å². The zero-order valence-electron chi connectivity index (χ0n) is 15.4. The standard InChI is InChI=1S/C20H25N5O2/c1-21-20(24-13-17-6-2-3-10-22-17)23-12-15-5-4-7-18(11-15)27-14-19(26)25-16-8-9-16/h2-7,10-11,16H,8-9,12-14H2,1H3,(H,25,26)(H2,21,23,24). The largest absolute Gasteiger partial charge is 0.484 e. The molecule has 1 aromatic heterocycles. The number of aliphatic imine (C=N–C) groups is 1. The first-order valence-electron chi connectivity index (χ1n) is 9.08. The summed E-state index contributed by atoms with van der Waals surface area (Å²) in [5.41, 5.74) is 1.98. The molecule has 142 valence electrons. The zero-order chi connectivity index (χ0) is 18.9. The van der Waals surface area contributed by atoms with Gasteiger partial charge in [-0.15, -0.1) is 0 Å². The fourth-order valence-corrected chi connectivity index (χ4v) is 2.47. The van der Waals surface area contributed by atoms with Crippen molar-refractivity contribution < 1.29 is 9.53 Å². The van der Waals surface area contributed by atoms with E-state index < -0.39 is 0 Å². The molecule has 2 aromatic rings. The van der Waals surface area contributed by atoms with Gasteiger partial charge in [0.05, 0.1) is 12.2 Å². The van der Waals surface area contributed by atoms with E-state index in [4.69, 9.17) is 4.74 Å². The minimum Gasteiger partial charge on any atom is -0.484 e. The number of aromatic nitrogens is 1. The Morgan fingerprint density at radius 1 is 1.19 bits per heavy atom. The van der Waals surface area contributed by atoms with Crippen LogP contribution in [0, 0.1) is 0 Å². The van der Waals surface area contributed by atoms with E-state index in [9.17, 15) is 4.79 Å². The Balaban J connectivity index is 1.44. The number of nitrogens with zero attached hydrogens (tertiary/aromatic N) is 2. The summed E-state index contributed by atoms with van der Waals surface area (Å²) >= 11 is 0. The molecule has 0 aliphatic heterocycles. The highest BCUT2D eigenvalue weighted by Gasteiger charge is 2.23. The second kappa shape index (κ2) is 9.56. The molecule has 1 saturated carbocycles. The van der Waals surface area contributed by atoms with Gasteiger partial charge in [0.15, 0.2) is 12.6 Å². The van der Waals surface area contributed by atoms with Crippen molar-refractivity contribution >= 4 is 11.9 Å². The van der Waals surface area contributed by atoms with Gasteiger partial charge in [-0.2, -0.15) is 0 Å². The number of guanidine groups is 1. The van der Waals surface area contributed by atoms with Gasteiger partial charge in [0.2, 0.25) is 0 Å². The summed E-state index contributed by atoms with van der Waals surface area (Å²) in [6.45, 7) is 1.23. The number of ether oxygens (including phenoxy) is 1. The first-order chi connectivity index (χ1) is 13.2. The summed E-state index contributed by atoms with van der Waals surface area (Å²) in [5.74, 6) is 1.30. The second-order valence-corrected chi connectivity index (χ2v) is 6.38. The maximum Gasteiger partial charge on any atom is 0.258 e. The lowest BCUT2D eigenvalue weighted by Crippen LogP contribution is -2.36. The van der Waals surface area contributed by atoms with Gasteiger partial charge in [-0.25, -0.2) is 0 Å². The molecule has 27 heavy (non-hydrogen) atoms. The fraction of sp³-hybridized carbons (Fsp3) is 0.350. The molecule has 3 N–H and O–H groups in total. The lowest BCUT2D eigenvalue weighted by molar-refractivity contribution is -0.123. The van der Waals surface area contributed by atoms with Crippen molar-refractivity contribution in [3.8, 4) is 5.75 Å². The smallest absolute Gasteiger partial charge is 0.258 e. The average Bonchev–Trinajstić information content (AvgIpc) is 3.52. The minimum atomic E-state index is -0.0693. The van der Waals surface area contributed by atoms with Crippen molar-refractivity contribution in [3.05, 3.63) is 59.9 Å². The van der Waals surface area contributed by atoms with Crippen molar-refractivity contribution in [2.75, 3.05) is 13.7 Å². The van der Waals surface area contributed by atoms with Crippen LogP contribution in [0.25, 0.3) is 0 Å². The number of carbonyl (C=O) groups is 1. The SMILES string of the molecule is CN=C(NCc1cccc(OCC(=O)NC2CC2)c1)NCc1ccccn1. The van der Waals surface area contributed by atoms with E-state index in [2.05, 4.69) is 25.9 Å². The molecule has 0 unspecified atom stereocenters. The van der Waals surface area contributed by atoms with Gasteiger partial charge in [-0.3, -0.25) is 14.8 Å². The Kier molecular flexibility index (Phi) is 6.62. The van der Waals surface area contributed by atoms with Crippen molar-refractivity contribution in [2.45, 2.75) is 32.0 Å². The molecule has 7 heteroatoms. The highest BCUT2D eigenvalue weighted by atomic mass is 16.5. The third-order valence-electron chi connectivity index (χ3n) is 4.06. The molecule has 0 bridgehead atoms. The zero-order valence-corrected chi connectivity index (χ0v) is 15.4. The van der Waals surface area contributed by atoms with E-state index in [0.717, 1.165) is 24.1 Å². The Bertz CT molecular complexity index is 775. The summed E-state index contributed by atoms with van der Waals surface area (Å²) in [4.78, 5) is 20.2. The number of benzene rings is 1. The van der Waals surface area contributed by atoms with Gasteiger partial charge in [0.25, 0.3) is 5.91 Å². The second-order valence-electron chi connectivity index (χ2n) is 6.38. The molecule has 1 aromatic carbocycles. The Labute approximate surface area is 159 Å². The number of hydrogen-bond donors (Lipinski definition) is 3. The molecule has 0 spiro atoms. The maximum absolute atomic E-state index is 11.7. The quantitative estimate of drug-likeness (QED) is 0.487. The van der Waals surface area contributed by atoms with E-state index in [0.29, 0.717) is 30.8 Å². The molecule has 1 amide bonds. The van der Waals surface area contributed by atoms with Crippen molar-refractivity contribution in [1.82, 2.24) is 20.9 Å². The van der Waals surface area contributed by atoms with E-state index in [-0.39, 0.29) is 12.5 Å². The van der Waals surface area contributed by atoms with Crippen molar-refractivity contribution in [2.24, 2.45) is 4.99 Å². The Morgan fingerprint density at radius 3 is 2.78 bits per heavy atom. The van der Waals surface area contributed by atoms with Gasteiger partial charge in [-0.1, -0.05) is 18.2 Å². The van der Waals surface area contributed by atoms with Gasteiger partial charge in [-0.05, 0) is 42.7 Å². The number of hydrogen-bond acceptors (Lipinski definition) is 4. The molecule has 1 aliphatic carbocycles. The fourth-order valence-electron chi connectivity index (χ4n) is 2.47. The van der Waals surface area contributed by atoms with Gasteiger partial charge >= 0.3 is 0 Å². The number of pyridine rings is 1. The number of carbonyl (C=O) groups excluding carboxylic acids is 1. The van der Waals surface area contributed by atoms with Crippen LogP contribution in [-0.4, -0.2) is 36.5 Å². The van der Waals surface area contributed by atoms with Crippen LogP contribution in [-0.2, 0) is 17.9 Å². The van der Waals surface area contributed by atoms with E-state index >= 15 is 0 Å². The highest BCUT2D eigenvalue weighted by Crippen LogP contribution is 2.18. The normalized spacial score (nSPS) is 13.7. The number of amides is 1. The third kappa shape index (κ3) is 6.62. The number of nitrogens with one attached hydrogen (secondary N) is 3. The molecular weight excluding hydrogens is 342 g/mol. The van der Waals surface area contributed by atoms with E-state index in [1.54, 1.807) is 13.2 Å². The van der Waals surface area contributed by atoms with Crippen LogP contribution in [0.15, 0.2) is 53.7 Å². The van der Waals surface area contributed by atoms with E-state index in [1.165, 1.54) is 0 Å². The van der Waals surface area contributed by atoms with Crippen molar-refractivity contribution in [1.29, 1.82) is 0 Å². The summed E-state index contributed by atoms with van der Waals surface area (Å²) in [6.07, 6.45) is 3.91. The van der Waals surface area contributed by atoms with Crippen LogP contribution in [0.3, 0.4) is 0 Å². The maximum atomic E-state index is 11.7. The summed E-state index contributed by atoms with van der Waals surface area (Å²) in [5, 5.41) is 9.39. The molecule has 3 rings (SSSR count). The molecule has 0 saturated heterocycles. The topological polar surface area (TPSA) is 87.6 Å². The summed E-state index contributed by atoms with van der Waals surface area (Å²) < 4.78 is 5.58. The lowest BCUT2D eigenvalue weighted by Gasteiger charge is -2.12. The Morgan fingerprint density at radius 2 is 2.04 bits per heavy atom. The predicted octanol–water partition coefficient (Wildman–Crippen LogP) is 1.60. The van der Waals surface area contributed by atoms with Gasteiger partial charge in [0.1, 0.15) is 5.75 Å². The molecule has 1 fully saturated rings. The van der Waals surface area contributed by atoms with Crippen LogP contribution >= 0.6 is 0 Å². The first kappa shape index (κ1) is 18.7. The molecule has 1 heterocycles. The number of rotatable bonds is 8. The third-order valence-corrected chi connectivity index (χ3v) is 4.06. The van der Waals surface area contributed by atoms with Gasteiger partial charge in [0, 0.05) is 25.8 Å². The summed E-state index contributed by atoms with van der Waals surface area (Å²) in [7, 11) is 1.73. The van der Waals surface area contributed by atoms with E-state index in [1.807, 2.05) is 42.5 Å². The average molecular weight is 367 g/mol. The molecule has 0 atom stereocenters.